The van der Waals surface area contributed by atoms with Gasteiger partial charge in [0.15, 0.2) is 0 Å². The third kappa shape index (κ3) is 9.37. The number of aryl methyl sites for hydroxylation is 2. The van der Waals surface area contributed by atoms with Crippen LogP contribution in [0, 0.1) is 12.8 Å². The summed E-state index contributed by atoms with van der Waals surface area (Å²) in [7, 11) is -4.20. The third-order valence-electron chi connectivity index (χ3n) is 7.84. The highest BCUT2D eigenvalue weighted by Gasteiger charge is 2.35. The quantitative estimate of drug-likeness (QED) is 0.148. The van der Waals surface area contributed by atoms with E-state index in [1.54, 1.807) is 54.6 Å². The lowest BCUT2D eigenvalue weighted by atomic mass is 10.0. The van der Waals surface area contributed by atoms with E-state index in [4.69, 9.17) is 23.2 Å². The Morgan fingerprint density at radius 2 is 1.51 bits per heavy atom. The van der Waals surface area contributed by atoms with Gasteiger partial charge in [0, 0.05) is 29.6 Å². The molecule has 248 valence electrons. The number of carbonyl (C=O) groups is 2. The van der Waals surface area contributed by atoms with E-state index in [-0.39, 0.29) is 29.7 Å². The van der Waals surface area contributed by atoms with Crippen LogP contribution in [0.3, 0.4) is 0 Å². The van der Waals surface area contributed by atoms with Crippen molar-refractivity contribution in [2.45, 2.75) is 58.0 Å². The molecule has 0 heterocycles. The molecule has 7 nitrogen and oxygen atoms in total. The Labute approximate surface area is 288 Å². The average molecular weight is 695 g/mol. The molecule has 0 aromatic heterocycles. The summed E-state index contributed by atoms with van der Waals surface area (Å²) in [6.45, 7) is 7.61. The van der Waals surface area contributed by atoms with Crippen molar-refractivity contribution >= 4 is 50.7 Å². The van der Waals surface area contributed by atoms with E-state index >= 15 is 0 Å². The largest absolute Gasteiger partial charge is 0.354 e. The summed E-state index contributed by atoms with van der Waals surface area (Å²) in [6.07, 6.45) is 0.751. The second-order valence-electron chi connectivity index (χ2n) is 11.9. The summed E-state index contributed by atoms with van der Waals surface area (Å²) >= 11 is 12.8. The van der Waals surface area contributed by atoms with Crippen LogP contribution >= 0.6 is 23.2 Å². The first-order valence-corrected chi connectivity index (χ1v) is 17.8. The minimum atomic E-state index is -4.20. The van der Waals surface area contributed by atoms with E-state index in [9.17, 15) is 18.0 Å². The topological polar surface area (TPSA) is 86.8 Å². The number of hydrogen-bond donors (Lipinski definition) is 1. The van der Waals surface area contributed by atoms with Gasteiger partial charge < -0.3 is 10.2 Å². The van der Waals surface area contributed by atoms with Crippen LogP contribution in [0.5, 0.6) is 0 Å². The van der Waals surface area contributed by atoms with Crippen LogP contribution in [-0.4, -0.2) is 44.3 Å². The molecule has 4 rings (SSSR count). The highest BCUT2D eigenvalue weighted by atomic mass is 35.5. The predicted molar refractivity (Wildman–Crippen MR) is 190 cm³/mol. The Bertz CT molecular complexity index is 1780. The molecule has 0 radical (unpaired) electrons. The molecule has 0 spiro atoms. The molecule has 10 heteroatoms. The minimum absolute atomic E-state index is 0.0464. The Morgan fingerprint density at radius 1 is 0.851 bits per heavy atom. The van der Waals surface area contributed by atoms with E-state index in [2.05, 4.69) is 5.32 Å². The normalized spacial score (nSPS) is 12.1. The maximum Gasteiger partial charge on any atom is 0.264 e. The van der Waals surface area contributed by atoms with Crippen LogP contribution < -0.4 is 9.62 Å². The standard InChI is InChI=1S/C37H41Cl2N3O4S/c1-5-29-13-9-10-14-34(29)42(47(45,46)32-19-15-27(4)16-20-32)25-36(43)41(24-30-17-18-31(38)22-33(30)39)35(37(44)40-23-26(2)3)21-28-11-7-6-8-12-28/h6-20,22,26,35H,5,21,23-25H2,1-4H3,(H,40,44). The van der Waals surface area contributed by atoms with Gasteiger partial charge in [-0.2, -0.15) is 0 Å². The number of anilines is 1. The molecular weight excluding hydrogens is 653 g/mol. The molecule has 0 fully saturated rings. The number of para-hydroxylation sites is 1. The van der Waals surface area contributed by atoms with Gasteiger partial charge >= 0.3 is 0 Å². The van der Waals surface area contributed by atoms with Crippen molar-refractivity contribution < 1.29 is 18.0 Å². The highest BCUT2D eigenvalue weighted by Crippen LogP contribution is 2.29. The molecule has 0 aliphatic heterocycles. The fourth-order valence-corrected chi connectivity index (χ4v) is 7.13. The summed E-state index contributed by atoms with van der Waals surface area (Å²) < 4.78 is 29.8. The SMILES string of the molecule is CCc1ccccc1N(CC(=O)N(Cc1ccc(Cl)cc1Cl)C(Cc1ccccc1)C(=O)NCC(C)C)S(=O)(=O)c1ccc(C)cc1. The monoisotopic (exact) mass is 693 g/mol. The lowest BCUT2D eigenvalue weighted by Gasteiger charge is -2.34. The predicted octanol–water partition coefficient (Wildman–Crippen LogP) is 7.47. The highest BCUT2D eigenvalue weighted by molar-refractivity contribution is 7.92. The van der Waals surface area contributed by atoms with E-state index in [0.29, 0.717) is 34.3 Å². The summed E-state index contributed by atoms with van der Waals surface area (Å²) in [5.74, 6) is -0.729. The molecule has 0 bridgehead atoms. The lowest BCUT2D eigenvalue weighted by Crippen LogP contribution is -2.53. The number of carbonyl (C=O) groups excluding carboxylic acids is 2. The summed E-state index contributed by atoms with van der Waals surface area (Å²) in [5.41, 5.74) is 3.48. The smallest absolute Gasteiger partial charge is 0.264 e. The van der Waals surface area contributed by atoms with Crippen molar-refractivity contribution in [3.63, 3.8) is 0 Å². The zero-order valence-electron chi connectivity index (χ0n) is 27.1. The number of nitrogens with one attached hydrogen (secondary N) is 1. The van der Waals surface area contributed by atoms with E-state index in [1.165, 1.54) is 4.90 Å². The van der Waals surface area contributed by atoms with Gasteiger partial charge in [0.05, 0.1) is 10.6 Å². The van der Waals surface area contributed by atoms with Gasteiger partial charge in [-0.1, -0.05) is 116 Å². The summed E-state index contributed by atoms with van der Waals surface area (Å²) in [4.78, 5) is 30.1. The van der Waals surface area contributed by atoms with E-state index in [1.807, 2.05) is 70.2 Å². The molecule has 0 saturated carbocycles. The molecular formula is C37H41Cl2N3O4S. The fourth-order valence-electron chi connectivity index (χ4n) is 5.21. The number of rotatable bonds is 14. The van der Waals surface area contributed by atoms with Gasteiger partial charge in [-0.3, -0.25) is 13.9 Å². The first-order valence-electron chi connectivity index (χ1n) is 15.6. The minimum Gasteiger partial charge on any atom is -0.354 e. The Balaban J connectivity index is 1.84. The van der Waals surface area contributed by atoms with Crippen LogP contribution in [0.2, 0.25) is 10.0 Å². The number of halogens is 2. The summed E-state index contributed by atoms with van der Waals surface area (Å²) in [5, 5.41) is 3.75. The Morgan fingerprint density at radius 3 is 2.15 bits per heavy atom. The molecule has 0 aliphatic rings. The van der Waals surface area contributed by atoms with E-state index < -0.39 is 28.5 Å². The number of hydrogen-bond acceptors (Lipinski definition) is 4. The van der Waals surface area contributed by atoms with Gasteiger partial charge in [0.2, 0.25) is 11.8 Å². The maximum atomic E-state index is 14.7. The molecule has 0 saturated heterocycles. The van der Waals surface area contributed by atoms with Crippen LogP contribution in [0.4, 0.5) is 5.69 Å². The zero-order chi connectivity index (χ0) is 34.1. The van der Waals surface area contributed by atoms with Crippen molar-refractivity contribution in [1.29, 1.82) is 0 Å². The first kappa shape index (κ1) is 36.0. The van der Waals surface area contributed by atoms with Crippen molar-refractivity contribution in [2.24, 2.45) is 5.92 Å². The van der Waals surface area contributed by atoms with Crippen molar-refractivity contribution in [1.82, 2.24) is 10.2 Å². The zero-order valence-corrected chi connectivity index (χ0v) is 29.4. The van der Waals surface area contributed by atoms with Gasteiger partial charge in [0.1, 0.15) is 12.6 Å². The first-order chi connectivity index (χ1) is 22.4. The molecule has 4 aromatic rings. The molecule has 1 atom stereocenters. The van der Waals surface area contributed by atoms with Crippen LogP contribution in [0.1, 0.15) is 43.0 Å². The molecule has 47 heavy (non-hydrogen) atoms. The van der Waals surface area contributed by atoms with Crippen LogP contribution in [-0.2, 0) is 39.0 Å². The molecule has 1 unspecified atom stereocenters. The Kier molecular flexibility index (Phi) is 12.5. The van der Waals surface area contributed by atoms with Crippen LogP contribution in [0.25, 0.3) is 0 Å². The van der Waals surface area contributed by atoms with Gasteiger partial charge in [-0.15, -0.1) is 0 Å². The average Bonchev–Trinajstić information content (AvgIpc) is 3.05. The van der Waals surface area contributed by atoms with Crippen molar-refractivity contribution in [3.8, 4) is 0 Å². The molecule has 2 amide bonds. The van der Waals surface area contributed by atoms with Crippen molar-refractivity contribution in [3.05, 3.63) is 129 Å². The van der Waals surface area contributed by atoms with Gasteiger partial charge in [-0.05, 0) is 66.3 Å². The van der Waals surface area contributed by atoms with Gasteiger partial charge in [0.25, 0.3) is 10.0 Å². The van der Waals surface area contributed by atoms with Gasteiger partial charge in [-0.25, -0.2) is 8.42 Å². The maximum absolute atomic E-state index is 14.7. The number of benzene rings is 4. The van der Waals surface area contributed by atoms with Crippen LogP contribution in [0.15, 0.2) is 102 Å². The summed E-state index contributed by atoms with van der Waals surface area (Å²) in [6, 6.07) is 27.1. The van der Waals surface area contributed by atoms with E-state index in [0.717, 1.165) is 21.0 Å². The third-order valence-corrected chi connectivity index (χ3v) is 10.2. The second kappa shape index (κ2) is 16.3. The molecule has 4 aromatic carbocycles. The molecule has 1 N–H and O–H groups in total. The number of amides is 2. The van der Waals surface area contributed by atoms with Crippen molar-refractivity contribution in [2.75, 3.05) is 17.4 Å². The Hall–Kier alpha value is -3.85. The number of nitrogens with zero attached hydrogens (tertiary/aromatic N) is 2. The molecule has 0 aliphatic carbocycles. The fraction of sp³-hybridized carbons (Fsp3) is 0.297. The second-order valence-corrected chi connectivity index (χ2v) is 14.6. The number of sulfonamides is 1. The lowest BCUT2D eigenvalue weighted by molar-refractivity contribution is -0.140.